The Hall–Kier alpha value is -1.07. The normalized spacial score (nSPS) is 29.2. The lowest BCUT2D eigenvalue weighted by Gasteiger charge is -2.42. The smallest absolute Gasteiger partial charge is 0.120 e. The molecule has 0 N–H and O–H groups in total. The minimum absolute atomic E-state index is 0.187. The van der Waals surface area contributed by atoms with Crippen LogP contribution >= 0.6 is 0 Å². The fraction of sp³-hybridized carbons (Fsp3) is 0.600. The second kappa shape index (κ2) is 5.32. The highest BCUT2D eigenvalue weighted by molar-refractivity contribution is 5.44. The van der Waals surface area contributed by atoms with Crippen molar-refractivity contribution in [2.75, 3.05) is 0 Å². The summed E-state index contributed by atoms with van der Waals surface area (Å²) in [6.07, 6.45) is 8.11. The molecule has 88 valence electrons. The van der Waals surface area contributed by atoms with E-state index in [1.807, 2.05) is 5.94 Å². The third-order valence-corrected chi connectivity index (χ3v) is 4.04. The van der Waals surface area contributed by atoms with Crippen molar-refractivity contribution in [3.63, 3.8) is 0 Å². The Morgan fingerprint density at radius 1 is 1.75 bits per heavy atom. The lowest BCUT2D eigenvalue weighted by Crippen LogP contribution is -2.31. The van der Waals surface area contributed by atoms with Gasteiger partial charge in [-0.1, -0.05) is 30.7 Å². The van der Waals surface area contributed by atoms with Gasteiger partial charge in [0.15, 0.2) is 0 Å². The zero-order chi connectivity index (χ0) is 12.2. The molecular formula is C15H22O. The van der Waals surface area contributed by atoms with Crippen molar-refractivity contribution in [1.29, 1.82) is 0 Å². The van der Waals surface area contributed by atoms with Gasteiger partial charge in [0, 0.05) is 0 Å². The van der Waals surface area contributed by atoms with E-state index < -0.39 is 0 Å². The molecule has 0 heterocycles. The fourth-order valence-corrected chi connectivity index (χ4v) is 2.87. The lowest BCUT2D eigenvalue weighted by atomic mass is 9.62. The van der Waals surface area contributed by atoms with Crippen LogP contribution in [0, 0.1) is 11.3 Å². The van der Waals surface area contributed by atoms with E-state index >= 15 is 0 Å². The Labute approximate surface area is 98.9 Å². The predicted octanol–water partition coefficient (Wildman–Crippen LogP) is 4.09. The molecule has 1 nitrogen and oxygen atoms in total. The summed E-state index contributed by atoms with van der Waals surface area (Å²) in [5.74, 6) is 2.39. The molecule has 2 unspecified atom stereocenters. The van der Waals surface area contributed by atoms with Crippen molar-refractivity contribution >= 4 is 5.94 Å². The van der Waals surface area contributed by atoms with Gasteiger partial charge in [0.25, 0.3) is 0 Å². The molecule has 2 atom stereocenters. The third kappa shape index (κ3) is 2.54. The van der Waals surface area contributed by atoms with Crippen LogP contribution in [0.2, 0.25) is 0 Å². The van der Waals surface area contributed by atoms with E-state index in [1.165, 1.54) is 17.6 Å². The molecule has 16 heavy (non-hydrogen) atoms. The van der Waals surface area contributed by atoms with Gasteiger partial charge in [0.1, 0.15) is 5.94 Å². The van der Waals surface area contributed by atoms with Crippen molar-refractivity contribution in [2.24, 2.45) is 11.3 Å². The zero-order valence-corrected chi connectivity index (χ0v) is 10.7. The third-order valence-electron chi connectivity index (χ3n) is 4.04. The van der Waals surface area contributed by atoms with Crippen molar-refractivity contribution in [1.82, 2.24) is 0 Å². The van der Waals surface area contributed by atoms with Crippen molar-refractivity contribution in [3.05, 3.63) is 29.9 Å². The average Bonchev–Trinajstić information content (AvgIpc) is 2.21. The summed E-state index contributed by atoms with van der Waals surface area (Å²) in [6, 6.07) is 0. The van der Waals surface area contributed by atoms with E-state index in [9.17, 15) is 4.79 Å². The highest BCUT2D eigenvalue weighted by Gasteiger charge is 2.37. The zero-order valence-electron chi connectivity index (χ0n) is 10.7. The maximum absolute atomic E-state index is 10.2. The molecule has 0 amide bonds. The maximum Gasteiger partial charge on any atom is 0.120 e. The second-order valence-electron chi connectivity index (χ2n) is 5.10. The standard InChI is InChI=1S/C15H22O/c1-12(2)15(8-5-6-10-16)9-7-13(3)11-14(15)4/h6,11,14H,1,5,7-9H2,2-4H3. The molecule has 1 heteroatoms. The van der Waals surface area contributed by atoms with Gasteiger partial charge < -0.3 is 0 Å². The van der Waals surface area contributed by atoms with Gasteiger partial charge >= 0.3 is 0 Å². The molecule has 0 aromatic rings. The first kappa shape index (κ1) is 13.0. The van der Waals surface area contributed by atoms with E-state index in [0.29, 0.717) is 5.92 Å². The monoisotopic (exact) mass is 218 g/mol. The highest BCUT2D eigenvalue weighted by atomic mass is 16.1. The summed E-state index contributed by atoms with van der Waals surface area (Å²) < 4.78 is 0. The Morgan fingerprint density at radius 2 is 2.44 bits per heavy atom. The van der Waals surface area contributed by atoms with Crippen LogP contribution in [0.25, 0.3) is 0 Å². The largest absolute Gasteiger partial charge is 0.234 e. The molecule has 0 saturated carbocycles. The minimum atomic E-state index is 0.187. The molecule has 0 aromatic carbocycles. The molecule has 1 aliphatic rings. The van der Waals surface area contributed by atoms with Gasteiger partial charge in [-0.2, -0.15) is 0 Å². The van der Waals surface area contributed by atoms with Crippen LogP contribution in [0.1, 0.15) is 46.5 Å². The minimum Gasteiger partial charge on any atom is -0.234 e. The van der Waals surface area contributed by atoms with Crippen LogP contribution in [0.5, 0.6) is 0 Å². The average molecular weight is 218 g/mol. The molecule has 0 saturated heterocycles. The molecule has 1 aliphatic carbocycles. The Kier molecular flexibility index (Phi) is 4.32. The number of allylic oxidation sites excluding steroid dienone is 4. The van der Waals surface area contributed by atoms with Gasteiger partial charge in [-0.25, -0.2) is 4.79 Å². The Morgan fingerprint density at radius 3 is 2.94 bits per heavy atom. The fourth-order valence-electron chi connectivity index (χ4n) is 2.87. The van der Waals surface area contributed by atoms with Crippen LogP contribution in [0.4, 0.5) is 0 Å². The SMILES string of the molecule is C=C(C)C1(CCC=C=O)CCC(C)=CC1C. The van der Waals surface area contributed by atoms with Crippen molar-refractivity contribution in [3.8, 4) is 0 Å². The molecule has 0 fully saturated rings. The lowest BCUT2D eigenvalue weighted by molar-refractivity contribution is 0.217. The summed E-state index contributed by atoms with van der Waals surface area (Å²) in [7, 11) is 0. The Balaban J connectivity index is 2.89. The predicted molar refractivity (Wildman–Crippen MR) is 68.9 cm³/mol. The van der Waals surface area contributed by atoms with Crippen LogP contribution in [-0.4, -0.2) is 5.94 Å². The summed E-state index contributed by atoms with van der Waals surface area (Å²) in [4.78, 5) is 10.2. The number of hydrogen-bond donors (Lipinski definition) is 0. The maximum atomic E-state index is 10.2. The molecule has 0 bridgehead atoms. The van der Waals surface area contributed by atoms with Crippen LogP contribution < -0.4 is 0 Å². The van der Waals surface area contributed by atoms with Crippen molar-refractivity contribution < 1.29 is 4.79 Å². The van der Waals surface area contributed by atoms with E-state index in [0.717, 1.165) is 19.3 Å². The molecule has 0 radical (unpaired) electrons. The van der Waals surface area contributed by atoms with Gasteiger partial charge in [-0.05, 0) is 56.9 Å². The summed E-state index contributed by atoms with van der Waals surface area (Å²) >= 11 is 0. The number of carbonyl (C=O) groups excluding carboxylic acids is 1. The molecule has 0 aliphatic heterocycles. The Bertz CT molecular complexity index is 344. The van der Waals surface area contributed by atoms with Crippen LogP contribution in [0.15, 0.2) is 29.9 Å². The summed E-state index contributed by atoms with van der Waals surface area (Å²) in [5, 5.41) is 0. The highest BCUT2D eigenvalue weighted by Crippen LogP contribution is 2.48. The number of hydrogen-bond acceptors (Lipinski definition) is 1. The van der Waals surface area contributed by atoms with Crippen LogP contribution in [-0.2, 0) is 4.79 Å². The molecular weight excluding hydrogens is 196 g/mol. The van der Waals surface area contributed by atoms with Gasteiger partial charge in [-0.15, -0.1) is 0 Å². The molecule has 1 rings (SSSR count). The second-order valence-corrected chi connectivity index (χ2v) is 5.10. The van der Waals surface area contributed by atoms with Gasteiger partial charge in [-0.3, -0.25) is 0 Å². The van der Waals surface area contributed by atoms with Gasteiger partial charge in [0.2, 0.25) is 0 Å². The first-order valence-electron chi connectivity index (χ1n) is 6.05. The van der Waals surface area contributed by atoms with Crippen molar-refractivity contribution in [2.45, 2.75) is 46.5 Å². The first-order valence-corrected chi connectivity index (χ1v) is 6.05. The quantitative estimate of drug-likeness (QED) is 0.513. The van der Waals surface area contributed by atoms with E-state index in [-0.39, 0.29) is 5.41 Å². The van der Waals surface area contributed by atoms with E-state index in [2.05, 4.69) is 33.4 Å². The first-order chi connectivity index (χ1) is 7.53. The summed E-state index contributed by atoms with van der Waals surface area (Å²) in [5.41, 5.74) is 2.92. The van der Waals surface area contributed by atoms with Crippen LogP contribution in [0.3, 0.4) is 0 Å². The topological polar surface area (TPSA) is 17.1 Å². The van der Waals surface area contributed by atoms with Gasteiger partial charge in [0.05, 0.1) is 0 Å². The van der Waals surface area contributed by atoms with E-state index in [1.54, 1.807) is 6.08 Å². The number of rotatable bonds is 4. The molecule has 0 aromatic heterocycles. The molecule has 0 spiro atoms. The summed E-state index contributed by atoms with van der Waals surface area (Å²) in [6.45, 7) is 10.7. The van der Waals surface area contributed by atoms with E-state index in [4.69, 9.17) is 0 Å².